The molecule has 0 aliphatic carbocycles. The molecule has 5 heteroatoms. The molecular formula is C18H20N2O2S. The summed E-state index contributed by atoms with van der Waals surface area (Å²) in [6.45, 7) is 2.73. The number of carbonyl (C=O) groups is 2. The quantitative estimate of drug-likeness (QED) is 0.909. The Morgan fingerprint density at radius 2 is 2.00 bits per heavy atom. The molecule has 4 nitrogen and oxygen atoms in total. The first-order valence-electron chi connectivity index (χ1n) is 7.88. The molecule has 1 aliphatic rings. The summed E-state index contributed by atoms with van der Waals surface area (Å²) in [5, 5.41) is 7.65. The molecule has 1 unspecified atom stereocenters. The molecule has 1 atom stereocenters. The highest BCUT2D eigenvalue weighted by atomic mass is 32.1. The van der Waals surface area contributed by atoms with Gasteiger partial charge in [0, 0.05) is 12.1 Å². The molecule has 2 amide bonds. The fraction of sp³-hybridized carbons (Fsp3) is 0.333. The van der Waals surface area contributed by atoms with Crippen LogP contribution < -0.4 is 10.6 Å². The summed E-state index contributed by atoms with van der Waals surface area (Å²) in [7, 11) is 0. The van der Waals surface area contributed by atoms with Crippen molar-refractivity contribution in [2.24, 2.45) is 0 Å². The van der Waals surface area contributed by atoms with Gasteiger partial charge in [0.05, 0.1) is 4.88 Å². The molecule has 0 saturated carbocycles. The van der Waals surface area contributed by atoms with Crippen molar-refractivity contribution in [2.75, 3.05) is 6.54 Å². The third-order valence-corrected chi connectivity index (χ3v) is 4.99. The molecule has 1 aromatic carbocycles. The Labute approximate surface area is 139 Å². The number of carbonyl (C=O) groups excluding carboxylic acids is 2. The molecule has 23 heavy (non-hydrogen) atoms. The van der Waals surface area contributed by atoms with Crippen LogP contribution in [0, 0.1) is 6.92 Å². The van der Waals surface area contributed by atoms with E-state index in [4.69, 9.17) is 0 Å². The van der Waals surface area contributed by atoms with Crippen LogP contribution in [0.4, 0.5) is 0 Å². The number of nitrogens with one attached hydrogen (secondary N) is 2. The number of aryl methyl sites for hydroxylation is 1. The molecule has 3 rings (SSSR count). The monoisotopic (exact) mass is 328 g/mol. The summed E-state index contributed by atoms with van der Waals surface area (Å²) in [6, 6.07) is 9.63. The van der Waals surface area contributed by atoms with E-state index < -0.39 is 6.04 Å². The van der Waals surface area contributed by atoms with Crippen LogP contribution in [0.2, 0.25) is 0 Å². The van der Waals surface area contributed by atoms with Crippen LogP contribution in [0.3, 0.4) is 0 Å². The van der Waals surface area contributed by atoms with Crippen molar-refractivity contribution in [3.63, 3.8) is 0 Å². The number of hydrogen-bond acceptors (Lipinski definition) is 3. The first kappa shape index (κ1) is 15.7. The molecule has 2 heterocycles. The van der Waals surface area contributed by atoms with Gasteiger partial charge in [0.25, 0.3) is 5.91 Å². The standard InChI is InChI=1S/C18H20N2O2S/c1-12-5-7-13(8-6-12)14-9-11-23-16(14)18(22)20-15-4-2-3-10-19-17(15)21/h5-9,11,15H,2-4,10H2,1H3,(H,19,21)(H,20,22). The zero-order valence-electron chi connectivity index (χ0n) is 13.1. The summed E-state index contributed by atoms with van der Waals surface area (Å²) < 4.78 is 0. The molecular weight excluding hydrogens is 308 g/mol. The van der Waals surface area contributed by atoms with Gasteiger partial charge in [0.2, 0.25) is 5.91 Å². The van der Waals surface area contributed by atoms with Crippen molar-refractivity contribution in [1.82, 2.24) is 10.6 Å². The van der Waals surface area contributed by atoms with Gasteiger partial charge in [0.1, 0.15) is 6.04 Å². The van der Waals surface area contributed by atoms with Crippen LogP contribution in [0.25, 0.3) is 11.1 Å². The lowest BCUT2D eigenvalue weighted by Gasteiger charge is -2.15. The normalized spacial score (nSPS) is 18.1. The second-order valence-electron chi connectivity index (χ2n) is 5.84. The molecule has 0 spiro atoms. The smallest absolute Gasteiger partial charge is 0.262 e. The minimum Gasteiger partial charge on any atom is -0.354 e. The highest BCUT2D eigenvalue weighted by Crippen LogP contribution is 2.28. The van der Waals surface area contributed by atoms with Gasteiger partial charge in [-0.15, -0.1) is 11.3 Å². The number of hydrogen-bond donors (Lipinski definition) is 2. The van der Waals surface area contributed by atoms with Gasteiger partial charge in [-0.05, 0) is 43.2 Å². The summed E-state index contributed by atoms with van der Waals surface area (Å²) in [6.07, 6.45) is 2.60. The Bertz CT molecular complexity index is 706. The van der Waals surface area contributed by atoms with Crippen molar-refractivity contribution in [3.05, 3.63) is 46.2 Å². The van der Waals surface area contributed by atoms with E-state index in [0.29, 0.717) is 17.8 Å². The summed E-state index contributed by atoms with van der Waals surface area (Å²) in [4.78, 5) is 25.3. The molecule has 1 fully saturated rings. The van der Waals surface area contributed by atoms with Crippen LogP contribution in [-0.4, -0.2) is 24.4 Å². The van der Waals surface area contributed by atoms with E-state index in [0.717, 1.165) is 24.0 Å². The van der Waals surface area contributed by atoms with Gasteiger partial charge in [-0.1, -0.05) is 29.8 Å². The van der Waals surface area contributed by atoms with Crippen molar-refractivity contribution in [1.29, 1.82) is 0 Å². The minimum absolute atomic E-state index is 0.0794. The largest absolute Gasteiger partial charge is 0.354 e. The SMILES string of the molecule is Cc1ccc(-c2ccsc2C(=O)NC2CCCCNC2=O)cc1. The Kier molecular flexibility index (Phi) is 4.76. The van der Waals surface area contributed by atoms with E-state index in [1.54, 1.807) is 0 Å². The topological polar surface area (TPSA) is 58.2 Å². The van der Waals surface area contributed by atoms with Crippen molar-refractivity contribution >= 4 is 23.2 Å². The van der Waals surface area contributed by atoms with E-state index in [2.05, 4.69) is 10.6 Å². The van der Waals surface area contributed by atoms with Gasteiger partial charge in [-0.25, -0.2) is 0 Å². The Hall–Kier alpha value is -2.14. The molecule has 0 radical (unpaired) electrons. The van der Waals surface area contributed by atoms with E-state index in [-0.39, 0.29) is 11.8 Å². The average Bonchev–Trinajstić information content (AvgIpc) is 2.95. The van der Waals surface area contributed by atoms with E-state index >= 15 is 0 Å². The lowest BCUT2D eigenvalue weighted by molar-refractivity contribution is -0.122. The van der Waals surface area contributed by atoms with Crippen LogP contribution in [0.15, 0.2) is 35.7 Å². The maximum Gasteiger partial charge on any atom is 0.262 e. The Morgan fingerprint density at radius 1 is 1.22 bits per heavy atom. The molecule has 1 saturated heterocycles. The van der Waals surface area contributed by atoms with Crippen LogP contribution in [0.1, 0.15) is 34.5 Å². The van der Waals surface area contributed by atoms with Crippen molar-refractivity contribution < 1.29 is 9.59 Å². The van der Waals surface area contributed by atoms with E-state index in [1.807, 2.05) is 42.6 Å². The predicted molar refractivity (Wildman–Crippen MR) is 92.6 cm³/mol. The summed E-state index contributed by atoms with van der Waals surface area (Å²) in [5.41, 5.74) is 3.12. The number of amides is 2. The van der Waals surface area contributed by atoms with E-state index in [1.165, 1.54) is 16.9 Å². The molecule has 2 N–H and O–H groups in total. The zero-order chi connectivity index (χ0) is 16.2. The fourth-order valence-electron chi connectivity index (χ4n) is 2.75. The Morgan fingerprint density at radius 3 is 2.78 bits per heavy atom. The highest BCUT2D eigenvalue weighted by molar-refractivity contribution is 7.12. The maximum atomic E-state index is 12.6. The summed E-state index contributed by atoms with van der Waals surface area (Å²) >= 11 is 1.41. The average molecular weight is 328 g/mol. The van der Waals surface area contributed by atoms with Gasteiger partial charge >= 0.3 is 0 Å². The lowest BCUT2D eigenvalue weighted by Crippen LogP contribution is -2.45. The predicted octanol–water partition coefficient (Wildman–Crippen LogP) is 3.12. The molecule has 120 valence electrons. The van der Waals surface area contributed by atoms with Gasteiger partial charge in [0.15, 0.2) is 0 Å². The first-order chi connectivity index (χ1) is 11.1. The van der Waals surface area contributed by atoms with Crippen molar-refractivity contribution in [2.45, 2.75) is 32.2 Å². The van der Waals surface area contributed by atoms with Gasteiger partial charge < -0.3 is 10.6 Å². The molecule has 1 aromatic heterocycles. The zero-order valence-corrected chi connectivity index (χ0v) is 13.9. The van der Waals surface area contributed by atoms with Crippen LogP contribution >= 0.6 is 11.3 Å². The summed E-state index contributed by atoms with van der Waals surface area (Å²) in [5.74, 6) is -0.248. The minimum atomic E-state index is -0.432. The maximum absolute atomic E-state index is 12.6. The third kappa shape index (κ3) is 3.62. The third-order valence-electron chi connectivity index (χ3n) is 4.07. The lowest BCUT2D eigenvalue weighted by atomic mass is 10.0. The Balaban J connectivity index is 1.79. The van der Waals surface area contributed by atoms with Crippen molar-refractivity contribution in [3.8, 4) is 11.1 Å². The number of thiophene rings is 1. The second kappa shape index (κ2) is 6.96. The molecule has 2 aromatic rings. The fourth-order valence-corrected chi connectivity index (χ4v) is 3.57. The first-order valence-corrected chi connectivity index (χ1v) is 8.76. The van der Waals surface area contributed by atoms with Gasteiger partial charge in [-0.2, -0.15) is 0 Å². The molecule has 0 bridgehead atoms. The molecule has 1 aliphatic heterocycles. The van der Waals surface area contributed by atoms with Crippen LogP contribution in [0.5, 0.6) is 0 Å². The second-order valence-corrected chi connectivity index (χ2v) is 6.76. The van der Waals surface area contributed by atoms with Gasteiger partial charge in [-0.3, -0.25) is 9.59 Å². The van der Waals surface area contributed by atoms with E-state index in [9.17, 15) is 9.59 Å². The number of benzene rings is 1. The van der Waals surface area contributed by atoms with Crippen LogP contribution in [-0.2, 0) is 4.79 Å². The highest BCUT2D eigenvalue weighted by Gasteiger charge is 2.24. The number of rotatable bonds is 3.